The van der Waals surface area contributed by atoms with Gasteiger partial charge in [0.1, 0.15) is 5.76 Å². The number of nitrogens with zero attached hydrogens (tertiary/aromatic N) is 1. The Morgan fingerprint density at radius 1 is 1.40 bits per heavy atom. The number of aryl methyl sites for hydroxylation is 1. The van der Waals surface area contributed by atoms with Crippen LogP contribution in [0.4, 0.5) is 0 Å². The topological polar surface area (TPSA) is 38.1 Å². The summed E-state index contributed by atoms with van der Waals surface area (Å²) in [5.74, 6) is 1.75. The van der Waals surface area contributed by atoms with Crippen molar-refractivity contribution in [3.05, 3.63) is 17.8 Å². The third-order valence-electron chi connectivity index (χ3n) is 2.28. The fourth-order valence-corrected chi connectivity index (χ4v) is 1.25. The molecule has 86 valence electrons. The van der Waals surface area contributed by atoms with Crippen molar-refractivity contribution in [2.45, 2.75) is 47.1 Å². The lowest BCUT2D eigenvalue weighted by Gasteiger charge is -2.17. The second kappa shape index (κ2) is 5.31. The van der Waals surface area contributed by atoms with Crippen molar-refractivity contribution >= 4 is 0 Å². The number of nitrogens with one attached hydrogen (secondary N) is 1. The minimum absolute atomic E-state index is 0.387. The maximum Gasteiger partial charge on any atom is 0.208 e. The summed E-state index contributed by atoms with van der Waals surface area (Å²) in [6, 6.07) is 0. The molecule has 0 aliphatic heterocycles. The summed E-state index contributed by atoms with van der Waals surface area (Å²) < 4.78 is 5.49. The summed E-state index contributed by atoms with van der Waals surface area (Å²) >= 11 is 0. The third kappa shape index (κ3) is 4.98. The predicted octanol–water partition coefficient (Wildman–Crippen LogP) is 2.76. The first-order chi connectivity index (χ1) is 7.01. The number of rotatable bonds is 5. The Labute approximate surface area is 92.3 Å². The molecule has 1 heterocycles. The van der Waals surface area contributed by atoms with Gasteiger partial charge in [0.15, 0.2) is 0 Å². The van der Waals surface area contributed by atoms with Gasteiger partial charge in [-0.05, 0) is 18.4 Å². The molecule has 3 nitrogen and oxygen atoms in total. The molecule has 0 bridgehead atoms. The molecule has 0 fully saturated rings. The first-order valence-corrected chi connectivity index (χ1v) is 5.65. The van der Waals surface area contributed by atoms with Crippen LogP contribution >= 0.6 is 0 Å². The minimum Gasteiger partial charge on any atom is -0.444 e. The lowest BCUT2D eigenvalue weighted by atomic mass is 9.92. The van der Waals surface area contributed by atoms with Crippen LogP contribution in [0.15, 0.2) is 10.6 Å². The highest BCUT2D eigenvalue weighted by Gasteiger charge is 2.09. The molecule has 1 aromatic heterocycles. The van der Waals surface area contributed by atoms with E-state index in [1.54, 1.807) is 6.20 Å². The average Bonchev–Trinajstić information content (AvgIpc) is 2.59. The number of hydrogen-bond donors (Lipinski definition) is 1. The molecule has 0 saturated heterocycles. The maximum absolute atomic E-state index is 5.49. The van der Waals surface area contributed by atoms with Crippen LogP contribution in [0.2, 0.25) is 0 Å². The molecule has 1 N–H and O–H groups in total. The first kappa shape index (κ1) is 12.2. The van der Waals surface area contributed by atoms with Crippen LogP contribution in [0.1, 0.15) is 45.8 Å². The molecular weight excluding hydrogens is 188 g/mol. The predicted molar refractivity (Wildman–Crippen MR) is 61.7 cm³/mol. The van der Waals surface area contributed by atoms with Gasteiger partial charge in [-0.25, -0.2) is 4.98 Å². The number of aromatic nitrogens is 1. The normalized spacial score (nSPS) is 12.0. The van der Waals surface area contributed by atoms with Crippen molar-refractivity contribution in [1.29, 1.82) is 0 Å². The van der Waals surface area contributed by atoms with Crippen LogP contribution in [0, 0.1) is 5.41 Å². The molecule has 0 unspecified atom stereocenters. The molecule has 0 amide bonds. The third-order valence-corrected chi connectivity index (χ3v) is 2.28. The van der Waals surface area contributed by atoms with E-state index in [0.29, 0.717) is 5.41 Å². The van der Waals surface area contributed by atoms with Gasteiger partial charge in [-0.3, -0.25) is 0 Å². The Balaban J connectivity index is 2.20. The molecule has 15 heavy (non-hydrogen) atoms. The first-order valence-electron chi connectivity index (χ1n) is 5.65. The number of hydrogen-bond acceptors (Lipinski definition) is 3. The summed E-state index contributed by atoms with van der Waals surface area (Å²) in [6.07, 6.45) is 3.88. The maximum atomic E-state index is 5.49. The van der Waals surface area contributed by atoms with Crippen molar-refractivity contribution in [2.75, 3.05) is 6.54 Å². The monoisotopic (exact) mass is 210 g/mol. The van der Waals surface area contributed by atoms with Gasteiger partial charge in [0.25, 0.3) is 0 Å². The molecule has 0 radical (unpaired) electrons. The smallest absolute Gasteiger partial charge is 0.208 e. The van der Waals surface area contributed by atoms with Crippen LogP contribution in [-0.4, -0.2) is 11.5 Å². The lowest BCUT2D eigenvalue weighted by molar-refractivity contribution is 0.358. The summed E-state index contributed by atoms with van der Waals surface area (Å²) in [5, 5.41) is 3.34. The van der Waals surface area contributed by atoms with E-state index in [1.165, 1.54) is 0 Å². The Morgan fingerprint density at radius 3 is 2.67 bits per heavy atom. The van der Waals surface area contributed by atoms with Gasteiger partial charge >= 0.3 is 0 Å². The zero-order chi connectivity index (χ0) is 11.3. The molecule has 0 aliphatic carbocycles. The standard InChI is InChI=1S/C12H22N2O/c1-5-10-8-14-11(15-10)9-13-7-6-12(2,3)4/h8,13H,5-7,9H2,1-4H3. The van der Waals surface area contributed by atoms with E-state index in [-0.39, 0.29) is 0 Å². The van der Waals surface area contributed by atoms with Crippen molar-refractivity contribution < 1.29 is 4.42 Å². The Bertz CT molecular complexity index is 286. The SMILES string of the molecule is CCc1cnc(CNCCC(C)(C)C)o1. The molecule has 0 aliphatic rings. The molecule has 0 spiro atoms. The van der Waals surface area contributed by atoms with Crippen molar-refractivity contribution in [1.82, 2.24) is 10.3 Å². The minimum atomic E-state index is 0.387. The molecule has 3 heteroatoms. The van der Waals surface area contributed by atoms with E-state index in [2.05, 4.69) is 38.0 Å². The van der Waals surface area contributed by atoms with Gasteiger partial charge in [-0.15, -0.1) is 0 Å². The van der Waals surface area contributed by atoms with Crippen molar-refractivity contribution in [2.24, 2.45) is 5.41 Å². The van der Waals surface area contributed by atoms with Gasteiger partial charge in [-0.1, -0.05) is 27.7 Å². The average molecular weight is 210 g/mol. The van der Waals surface area contributed by atoms with E-state index in [9.17, 15) is 0 Å². The van der Waals surface area contributed by atoms with Crippen LogP contribution in [-0.2, 0) is 13.0 Å². The quantitative estimate of drug-likeness (QED) is 0.759. The second-order valence-electron chi connectivity index (χ2n) is 5.06. The van der Waals surface area contributed by atoms with Crippen LogP contribution in [0.25, 0.3) is 0 Å². The summed E-state index contributed by atoms with van der Waals surface area (Å²) in [4.78, 5) is 4.19. The number of oxazole rings is 1. The van der Waals surface area contributed by atoms with Crippen molar-refractivity contribution in [3.63, 3.8) is 0 Å². The van der Waals surface area contributed by atoms with Gasteiger partial charge in [0.2, 0.25) is 5.89 Å². The summed E-state index contributed by atoms with van der Waals surface area (Å²) in [7, 11) is 0. The fourth-order valence-electron chi connectivity index (χ4n) is 1.25. The summed E-state index contributed by atoms with van der Waals surface area (Å²) in [5.41, 5.74) is 0.387. The largest absolute Gasteiger partial charge is 0.444 e. The highest BCUT2D eigenvalue weighted by Crippen LogP contribution is 2.17. The Hall–Kier alpha value is -0.830. The highest BCUT2D eigenvalue weighted by molar-refractivity contribution is 4.93. The lowest BCUT2D eigenvalue weighted by Crippen LogP contribution is -2.20. The molecular formula is C12H22N2O. The van der Waals surface area contributed by atoms with E-state index < -0.39 is 0 Å². The van der Waals surface area contributed by atoms with E-state index in [0.717, 1.165) is 37.6 Å². The molecule has 1 rings (SSSR count). The molecule has 0 saturated carbocycles. The summed E-state index contributed by atoms with van der Waals surface area (Å²) in [6.45, 7) is 10.5. The van der Waals surface area contributed by atoms with E-state index in [1.807, 2.05) is 0 Å². The zero-order valence-electron chi connectivity index (χ0n) is 10.3. The van der Waals surface area contributed by atoms with Gasteiger partial charge in [0.05, 0.1) is 12.7 Å². The van der Waals surface area contributed by atoms with Gasteiger partial charge in [0, 0.05) is 6.42 Å². The molecule has 0 aromatic carbocycles. The van der Waals surface area contributed by atoms with Crippen LogP contribution < -0.4 is 5.32 Å². The molecule has 0 atom stereocenters. The second-order valence-corrected chi connectivity index (χ2v) is 5.06. The highest BCUT2D eigenvalue weighted by atomic mass is 16.4. The Kier molecular flexibility index (Phi) is 4.33. The zero-order valence-corrected chi connectivity index (χ0v) is 10.3. The Morgan fingerprint density at radius 2 is 2.13 bits per heavy atom. The molecule has 1 aromatic rings. The van der Waals surface area contributed by atoms with E-state index >= 15 is 0 Å². The fraction of sp³-hybridized carbons (Fsp3) is 0.750. The van der Waals surface area contributed by atoms with Gasteiger partial charge < -0.3 is 9.73 Å². The van der Waals surface area contributed by atoms with Crippen molar-refractivity contribution in [3.8, 4) is 0 Å². The van der Waals surface area contributed by atoms with E-state index in [4.69, 9.17) is 4.42 Å². The van der Waals surface area contributed by atoms with Crippen LogP contribution in [0.5, 0.6) is 0 Å². The van der Waals surface area contributed by atoms with Crippen LogP contribution in [0.3, 0.4) is 0 Å². The van der Waals surface area contributed by atoms with Gasteiger partial charge in [-0.2, -0.15) is 0 Å².